The van der Waals surface area contributed by atoms with Crippen LogP contribution in [-0.4, -0.2) is 7.85 Å². The predicted octanol–water partition coefficient (Wildman–Crippen LogP) is 1.08. The van der Waals surface area contributed by atoms with Gasteiger partial charge < -0.3 is 0 Å². The van der Waals surface area contributed by atoms with Gasteiger partial charge in [0.1, 0.15) is 7.85 Å². The molecule has 0 aliphatic rings. The molecule has 0 saturated carbocycles. The van der Waals surface area contributed by atoms with E-state index in [1.54, 1.807) is 0 Å². The zero-order valence-corrected chi connectivity index (χ0v) is 6.15. The van der Waals surface area contributed by atoms with Gasteiger partial charge in [-0.3, -0.25) is 0 Å². The standard InChI is InChI=1S/C7H7BS/c1-5-2-3-6(8)4-7(5)9/h2-4,9H,1H3. The molecular formula is C7H7BS. The van der Waals surface area contributed by atoms with E-state index in [2.05, 4.69) is 12.6 Å². The van der Waals surface area contributed by atoms with E-state index in [0.717, 1.165) is 15.9 Å². The molecule has 9 heavy (non-hydrogen) atoms. The second kappa shape index (κ2) is 2.48. The van der Waals surface area contributed by atoms with Crippen molar-refractivity contribution in [3.63, 3.8) is 0 Å². The Morgan fingerprint density at radius 1 is 1.44 bits per heavy atom. The molecule has 0 spiro atoms. The molecule has 0 aromatic heterocycles. The molecule has 0 aliphatic heterocycles. The maximum Gasteiger partial charge on any atom is 0.113 e. The van der Waals surface area contributed by atoms with Gasteiger partial charge >= 0.3 is 0 Å². The zero-order valence-electron chi connectivity index (χ0n) is 5.26. The fourth-order valence-corrected chi connectivity index (χ4v) is 0.850. The molecule has 0 atom stereocenters. The highest BCUT2D eigenvalue weighted by Gasteiger charge is 1.89. The van der Waals surface area contributed by atoms with Gasteiger partial charge in [-0.25, -0.2) is 0 Å². The van der Waals surface area contributed by atoms with Crippen LogP contribution in [0.25, 0.3) is 0 Å². The molecular weight excluding hydrogens is 127 g/mol. The van der Waals surface area contributed by atoms with Crippen LogP contribution in [0.1, 0.15) is 5.56 Å². The summed E-state index contributed by atoms with van der Waals surface area (Å²) in [6.45, 7) is 2.00. The van der Waals surface area contributed by atoms with Crippen LogP contribution in [0.4, 0.5) is 0 Å². The molecule has 0 aliphatic carbocycles. The fourth-order valence-electron chi connectivity index (χ4n) is 0.626. The third-order valence-corrected chi connectivity index (χ3v) is 1.71. The lowest BCUT2D eigenvalue weighted by Crippen LogP contribution is -2.00. The van der Waals surface area contributed by atoms with E-state index in [1.165, 1.54) is 0 Å². The summed E-state index contributed by atoms with van der Waals surface area (Å²) in [5.74, 6) is 0. The second-order valence-corrected chi connectivity index (χ2v) is 2.53. The zero-order chi connectivity index (χ0) is 6.85. The van der Waals surface area contributed by atoms with Crippen LogP contribution >= 0.6 is 12.6 Å². The maximum absolute atomic E-state index is 5.48. The van der Waals surface area contributed by atoms with Gasteiger partial charge in [0.2, 0.25) is 0 Å². The first-order valence-corrected chi connectivity index (χ1v) is 3.20. The molecule has 0 bridgehead atoms. The molecule has 0 heterocycles. The molecule has 44 valence electrons. The van der Waals surface area contributed by atoms with Gasteiger partial charge in [-0.1, -0.05) is 23.7 Å². The smallest absolute Gasteiger partial charge is 0.113 e. The normalized spacial score (nSPS) is 9.56. The Morgan fingerprint density at radius 3 is 2.56 bits per heavy atom. The second-order valence-electron chi connectivity index (χ2n) is 2.05. The minimum atomic E-state index is 0.769. The predicted molar refractivity (Wildman–Crippen MR) is 43.8 cm³/mol. The van der Waals surface area contributed by atoms with Crippen LogP contribution in [-0.2, 0) is 0 Å². The highest BCUT2D eigenvalue weighted by Crippen LogP contribution is 2.08. The van der Waals surface area contributed by atoms with Gasteiger partial charge in [0.05, 0.1) is 0 Å². The van der Waals surface area contributed by atoms with Crippen LogP contribution in [0.15, 0.2) is 23.1 Å². The Labute approximate surface area is 62.1 Å². The van der Waals surface area contributed by atoms with E-state index < -0.39 is 0 Å². The van der Waals surface area contributed by atoms with Crippen molar-refractivity contribution in [2.45, 2.75) is 11.8 Å². The van der Waals surface area contributed by atoms with Crippen molar-refractivity contribution in [1.82, 2.24) is 0 Å². The summed E-state index contributed by atoms with van der Waals surface area (Å²) in [6, 6.07) is 5.67. The summed E-state index contributed by atoms with van der Waals surface area (Å²) >= 11 is 4.19. The highest BCUT2D eigenvalue weighted by molar-refractivity contribution is 7.80. The lowest BCUT2D eigenvalue weighted by molar-refractivity contribution is 1.33. The van der Waals surface area contributed by atoms with Crippen molar-refractivity contribution in [1.29, 1.82) is 0 Å². The average molecular weight is 134 g/mol. The Hall–Kier alpha value is -0.365. The molecule has 0 saturated heterocycles. The molecule has 0 fully saturated rings. The van der Waals surface area contributed by atoms with E-state index in [9.17, 15) is 0 Å². The Balaban J connectivity index is 3.17. The van der Waals surface area contributed by atoms with E-state index in [0.29, 0.717) is 0 Å². The molecule has 1 rings (SSSR count). The lowest BCUT2D eigenvalue weighted by atomic mass is 9.95. The molecule has 0 amide bonds. The van der Waals surface area contributed by atoms with E-state index in [-0.39, 0.29) is 0 Å². The summed E-state index contributed by atoms with van der Waals surface area (Å²) in [5.41, 5.74) is 1.93. The van der Waals surface area contributed by atoms with Crippen molar-refractivity contribution in [2.75, 3.05) is 0 Å². The first kappa shape index (κ1) is 6.75. The molecule has 0 N–H and O–H groups in total. The summed E-state index contributed by atoms with van der Waals surface area (Å²) in [5, 5.41) is 0. The lowest BCUT2D eigenvalue weighted by Gasteiger charge is -1.97. The van der Waals surface area contributed by atoms with Crippen molar-refractivity contribution in [3.8, 4) is 0 Å². The van der Waals surface area contributed by atoms with Gasteiger partial charge in [-0.05, 0) is 12.5 Å². The number of aryl methyl sites for hydroxylation is 1. The van der Waals surface area contributed by atoms with Crippen LogP contribution in [0.5, 0.6) is 0 Å². The van der Waals surface area contributed by atoms with Crippen LogP contribution in [0.2, 0.25) is 0 Å². The average Bonchev–Trinajstić information content (AvgIpc) is 1.80. The minimum Gasteiger partial charge on any atom is -0.143 e. The fraction of sp³-hybridized carbons (Fsp3) is 0.143. The van der Waals surface area contributed by atoms with Gasteiger partial charge in [0.25, 0.3) is 0 Å². The summed E-state index contributed by atoms with van der Waals surface area (Å²) < 4.78 is 0. The molecule has 2 heteroatoms. The summed E-state index contributed by atoms with van der Waals surface area (Å²) in [4.78, 5) is 0.954. The Morgan fingerprint density at radius 2 is 2.11 bits per heavy atom. The number of benzene rings is 1. The number of hydrogen-bond donors (Lipinski definition) is 1. The minimum absolute atomic E-state index is 0.769. The van der Waals surface area contributed by atoms with Crippen LogP contribution in [0.3, 0.4) is 0 Å². The van der Waals surface area contributed by atoms with Crippen molar-refractivity contribution >= 4 is 25.9 Å². The molecule has 1 aromatic carbocycles. The summed E-state index contributed by atoms with van der Waals surface area (Å²) in [6.07, 6.45) is 0. The Kier molecular flexibility index (Phi) is 1.86. The molecule has 0 unspecified atom stereocenters. The Bertz CT molecular complexity index is 220. The third-order valence-electron chi connectivity index (χ3n) is 1.23. The molecule has 2 radical (unpaired) electrons. The number of hydrogen-bond acceptors (Lipinski definition) is 1. The topological polar surface area (TPSA) is 0 Å². The molecule has 0 nitrogen and oxygen atoms in total. The van der Waals surface area contributed by atoms with E-state index in [4.69, 9.17) is 7.85 Å². The van der Waals surface area contributed by atoms with Crippen LogP contribution in [0, 0.1) is 6.92 Å². The summed E-state index contributed by atoms with van der Waals surface area (Å²) in [7, 11) is 5.48. The van der Waals surface area contributed by atoms with Gasteiger partial charge in [-0.2, -0.15) is 0 Å². The van der Waals surface area contributed by atoms with Gasteiger partial charge in [0.15, 0.2) is 0 Å². The third kappa shape index (κ3) is 1.52. The first-order valence-electron chi connectivity index (χ1n) is 2.75. The largest absolute Gasteiger partial charge is 0.143 e. The van der Waals surface area contributed by atoms with Crippen molar-refractivity contribution < 1.29 is 0 Å². The monoisotopic (exact) mass is 134 g/mol. The van der Waals surface area contributed by atoms with Gasteiger partial charge in [-0.15, -0.1) is 12.6 Å². The van der Waals surface area contributed by atoms with Crippen LogP contribution < -0.4 is 5.46 Å². The number of rotatable bonds is 0. The first-order chi connectivity index (χ1) is 4.20. The van der Waals surface area contributed by atoms with E-state index >= 15 is 0 Å². The van der Waals surface area contributed by atoms with E-state index in [1.807, 2.05) is 25.1 Å². The van der Waals surface area contributed by atoms with Gasteiger partial charge in [0, 0.05) is 4.90 Å². The van der Waals surface area contributed by atoms with Crippen molar-refractivity contribution in [3.05, 3.63) is 23.8 Å². The van der Waals surface area contributed by atoms with Crippen molar-refractivity contribution in [2.24, 2.45) is 0 Å². The SMILES string of the molecule is [B]c1ccc(C)c(S)c1. The highest BCUT2D eigenvalue weighted by atomic mass is 32.1. The maximum atomic E-state index is 5.48. The number of thiol groups is 1. The quantitative estimate of drug-likeness (QED) is 0.398. The molecule has 1 aromatic rings.